The number of benzene rings is 1. The SMILES string of the molecule is CCOCCNc1nc(SC)nc2c1cnn2CCNC(=O)c1ccccc1C(F)(F)F. The topological polar surface area (TPSA) is 94.0 Å². The van der Waals surface area contributed by atoms with Gasteiger partial charge in [-0.25, -0.2) is 14.6 Å². The van der Waals surface area contributed by atoms with Crippen LogP contribution in [-0.2, 0) is 17.5 Å². The van der Waals surface area contributed by atoms with E-state index in [1.54, 1.807) is 10.9 Å². The van der Waals surface area contributed by atoms with Gasteiger partial charge in [0.25, 0.3) is 5.91 Å². The van der Waals surface area contributed by atoms with Gasteiger partial charge in [-0.2, -0.15) is 18.3 Å². The summed E-state index contributed by atoms with van der Waals surface area (Å²) >= 11 is 1.37. The summed E-state index contributed by atoms with van der Waals surface area (Å²) in [7, 11) is 0. The number of nitrogens with one attached hydrogen (secondary N) is 2. The Morgan fingerprint density at radius 2 is 2.00 bits per heavy atom. The third-order valence-corrected chi connectivity index (χ3v) is 5.04. The van der Waals surface area contributed by atoms with Crippen LogP contribution in [0.25, 0.3) is 11.0 Å². The molecule has 0 spiro atoms. The number of carbonyl (C=O) groups is 1. The average Bonchev–Trinajstić information content (AvgIpc) is 3.19. The molecule has 3 rings (SSSR count). The number of rotatable bonds is 10. The van der Waals surface area contributed by atoms with Crippen LogP contribution in [0.3, 0.4) is 0 Å². The lowest BCUT2D eigenvalue weighted by Crippen LogP contribution is -2.29. The molecule has 0 fully saturated rings. The number of nitrogens with zero attached hydrogens (tertiary/aromatic N) is 4. The number of hydrogen-bond acceptors (Lipinski definition) is 7. The van der Waals surface area contributed by atoms with Gasteiger partial charge in [0.15, 0.2) is 10.8 Å². The van der Waals surface area contributed by atoms with Crippen molar-refractivity contribution < 1.29 is 22.7 Å². The van der Waals surface area contributed by atoms with E-state index in [-0.39, 0.29) is 13.1 Å². The van der Waals surface area contributed by atoms with Crippen LogP contribution in [-0.4, -0.2) is 58.2 Å². The molecule has 8 nitrogen and oxygen atoms in total. The van der Waals surface area contributed by atoms with E-state index in [0.29, 0.717) is 41.8 Å². The van der Waals surface area contributed by atoms with Crippen LogP contribution >= 0.6 is 11.8 Å². The lowest BCUT2D eigenvalue weighted by atomic mass is 10.1. The molecule has 1 amide bonds. The number of carbonyl (C=O) groups excluding carboxylic acids is 1. The molecule has 0 aliphatic rings. The highest BCUT2D eigenvalue weighted by molar-refractivity contribution is 7.98. The quantitative estimate of drug-likeness (QED) is 0.267. The summed E-state index contributed by atoms with van der Waals surface area (Å²) in [6, 6.07) is 4.68. The fourth-order valence-electron chi connectivity index (χ4n) is 3.01. The molecule has 32 heavy (non-hydrogen) atoms. The van der Waals surface area contributed by atoms with Crippen molar-refractivity contribution in [1.82, 2.24) is 25.1 Å². The van der Waals surface area contributed by atoms with E-state index in [1.165, 1.54) is 23.9 Å². The molecule has 172 valence electrons. The summed E-state index contributed by atoms with van der Waals surface area (Å²) in [4.78, 5) is 21.3. The average molecular weight is 469 g/mol. The molecular formula is C20H23F3N6O2S. The number of alkyl halides is 3. The molecule has 0 unspecified atom stereocenters. The van der Waals surface area contributed by atoms with Crippen molar-refractivity contribution in [3.63, 3.8) is 0 Å². The highest BCUT2D eigenvalue weighted by Gasteiger charge is 2.34. The summed E-state index contributed by atoms with van der Waals surface area (Å²) in [6.07, 6.45) is -1.14. The van der Waals surface area contributed by atoms with E-state index in [4.69, 9.17) is 4.74 Å². The minimum atomic E-state index is -4.61. The number of hydrogen-bond donors (Lipinski definition) is 2. The molecule has 2 N–H and O–H groups in total. The van der Waals surface area contributed by atoms with Gasteiger partial charge < -0.3 is 15.4 Å². The van der Waals surface area contributed by atoms with Crippen LogP contribution in [0.1, 0.15) is 22.8 Å². The van der Waals surface area contributed by atoms with E-state index in [0.717, 1.165) is 12.1 Å². The van der Waals surface area contributed by atoms with E-state index in [2.05, 4.69) is 25.7 Å². The Morgan fingerprint density at radius 3 is 2.72 bits per heavy atom. The molecule has 0 bridgehead atoms. The molecule has 2 aromatic heterocycles. The fraction of sp³-hybridized carbons (Fsp3) is 0.400. The molecule has 12 heteroatoms. The van der Waals surface area contributed by atoms with Crippen molar-refractivity contribution >= 4 is 34.5 Å². The lowest BCUT2D eigenvalue weighted by Gasteiger charge is -2.13. The predicted octanol–water partition coefficient (Wildman–Crippen LogP) is 3.45. The van der Waals surface area contributed by atoms with Crippen LogP contribution in [0.2, 0.25) is 0 Å². The zero-order chi connectivity index (χ0) is 23.1. The molecule has 1 aromatic carbocycles. The van der Waals surface area contributed by atoms with Gasteiger partial charge in [-0.3, -0.25) is 4.79 Å². The van der Waals surface area contributed by atoms with Crippen LogP contribution in [0.15, 0.2) is 35.6 Å². The summed E-state index contributed by atoms with van der Waals surface area (Å²) in [6.45, 7) is 3.93. The highest BCUT2D eigenvalue weighted by atomic mass is 32.2. The van der Waals surface area contributed by atoms with Crippen molar-refractivity contribution in [2.45, 2.75) is 24.8 Å². The van der Waals surface area contributed by atoms with Crippen molar-refractivity contribution in [3.8, 4) is 0 Å². The maximum atomic E-state index is 13.1. The Bertz CT molecular complexity index is 1070. The number of thioether (sulfide) groups is 1. The van der Waals surface area contributed by atoms with Gasteiger partial charge in [0.2, 0.25) is 0 Å². The van der Waals surface area contributed by atoms with E-state index in [1.807, 2.05) is 13.2 Å². The Labute approximate surface area is 186 Å². The third kappa shape index (κ3) is 5.68. The molecular weight excluding hydrogens is 445 g/mol. The molecule has 2 heterocycles. The number of aromatic nitrogens is 4. The van der Waals surface area contributed by atoms with Gasteiger partial charge >= 0.3 is 6.18 Å². The minimum absolute atomic E-state index is 0.0769. The first-order valence-corrected chi connectivity index (χ1v) is 11.1. The van der Waals surface area contributed by atoms with Crippen molar-refractivity contribution in [2.24, 2.45) is 0 Å². The Balaban J connectivity index is 1.71. The summed E-state index contributed by atoms with van der Waals surface area (Å²) in [5.41, 5.74) is -0.825. The van der Waals surface area contributed by atoms with Crippen molar-refractivity contribution in [1.29, 1.82) is 0 Å². The molecule has 3 aromatic rings. The Morgan fingerprint density at radius 1 is 1.22 bits per heavy atom. The number of ether oxygens (including phenoxy) is 1. The number of amides is 1. The zero-order valence-electron chi connectivity index (χ0n) is 17.6. The molecule has 0 saturated heterocycles. The molecule has 0 radical (unpaired) electrons. The predicted molar refractivity (Wildman–Crippen MR) is 116 cm³/mol. The first-order chi connectivity index (χ1) is 15.3. The first-order valence-electron chi connectivity index (χ1n) is 9.88. The van der Waals surface area contributed by atoms with Gasteiger partial charge in [0.1, 0.15) is 5.82 Å². The standard InChI is InChI=1S/C20H23F3N6O2S/c1-3-31-11-9-24-16-14-12-26-29(17(14)28-19(27-16)32-2)10-8-25-18(30)13-6-4-5-7-15(13)20(21,22)23/h4-7,12H,3,8-11H2,1-2H3,(H,25,30)(H,24,27,28). The Kier molecular flexibility index (Phi) is 7.91. The second kappa shape index (κ2) is 10.6. The van der Waals surface area contributed by atoms with Gasteiger partial charge in [0.05, 0.1) is 35.9 Å². The molecule has 0 saturated carbocycles. The normalized spacial score (nSPS) is 11.7. The Hall–Kier alpha value is -2.86. The fourth-order valence-corrected chi connectivity index (χ4v) is 3.37. The smallest absolute Gasteiger partial charge is 0.380 e. The molecule has 0 atom stereocenters. The van der Waals surface area contributed by atoms with Crippen molar-refractivity contribution in [3.05, 3.63) is 41.6 Å². The first kappa shape index (κ1) is 23.8. The summed E-state index contributed by atoms with van der Waals surface area (Å²) in [5.74, 6) is -0.180. The maximum absolute atomic E-state index is 13.1. The van der Waals surface area contributed by atoms with E-state index in [9.17, 15) is 18.0 Å². The van der Waals surface area contributed by atoms with Gasteiger partial charge in [-0.15, -0.1) is 0 Å². The van der Waals surface area contributed by atoms with Crippen LogP contribution in [0, 0.1) is 0 Å². The monoisotopic (exact) mass is 468 g/mol. The second-order valence-corrected chi connectivity index (χ2v) is 7.36. The highest BCUT2D eigenvalue weighted by Crippen LogP contribution is 2.31. The third-order valence-electron chi connectivity index (χ3n) is 4.49. The molecule has 0 aliphatic carbocycles. The largest absolute Gasteiger partial charge is 0.417 e. The van der Waals surface area contributed by atoms with E-state index < -0.39 is 23.2 Å². The second-order valence-electron chi connectivity index (χ2n) is 6.59. The van der Waals surface area contributed by atoms with Crippen LogP contribution in [0.4, 0.5) is 19.0 Å². The van der Waals surface area contributed by atoms with Gasteiger partial charge in [-0.1, -0.05) is 23.9 Å². The van der Waals surface area contributed by atoms with Gasteiger partial charge in [0, 0.05) is 19.7 Å². The maximum Gasteiger partial charge on any atom is 0.417 e. The molecule has 0 aliphatic heterocycles. The van der Waals surface area contributed by atoms with Crippen LogP contribution in [0.5, 0.6) is 0 Å². The lowest BCUT2D eigenvalue weighted by molar-refractivity contribution is -0.137. The van der Waals surface area contributed by atoms with Gasteiger partial charge in [-0.05, 0) is 25.3 Å². The number of halogens is 3. The zero-order valence-corrected chi connectivity index (χ0v) is 18.4. The summed E-state index contributed by atoms with van der Waals surface area (Å²) in [5, 5.41) is 11.3. The van der Waals surface area contributed by atoms with Crippen molar-refractivity contribution in [2.75, 3.05) is 37.9 Å². The number of fused-ring (bicyclic) bond motifs is 1. The minimum Gasteiger partial charge on any atom is -0.380 e. The van der Waals surface area contributed by atoms with Crippen LogP contribution < -0.4 is 10.6 Å². The van der Waals surface area contributed by atoms with E-state index >= 15 is 0 Å². The number of anilines is 1. The summed E-state index contributed by atoms with van der Waals surface area (Å²) < 4.78 is 46.3.